The van der Waals surface area contributed by atoms with Crippen molar-refractivity contribution in [2.75, 3.05) is 31.5 Å². The molecule has 2 aliphatic rings. The maximum atomic E-state index is 13.5. The van der Waals surface area contributed by atoms with E-state index >= 15 is 0 Å². The number of anilines is 1. The van der Waals surface area contributed by atoms with Crippen LogP contribution in [0.5, 0.6) is 0 Å². The number of likely N-dealkylation sites (tertiary alicyclic amines) is 1. The molecule has 4 rings (SSSR count). The van der Waals surface area contributed by atoms with Crippen LogP contribution in [0.2, 0.25) is 0 Å². The van der Waals surface area contributed by atoms with E-state index in [2.05, 4.69) is 31.8 Å². The summed E-state index contributed by atoms with van der Waals surface area (Å²) < 4.78 is 0. The zero-order valence-corrected chi connectivity index (χ0v) is 21.9. The highest BCUT2D eigenvalue weighted by Crippen LogP contribution is 2.34. The molecule has 1 saturated carbocycles. The lowest BCUT2D eigenvalue weighted by Crippen LogP contribution is -2.35. The number of nitrogens with one attached hydrogen (secondary N) is 4. The quantitative estimate of drug-likeness (QED) is 0.283. The van der Waals surface area contributed by atoms with Crippen LogP contribution in [0.4, 0.5) is 5.69 Å². The Hall–Kier alpha value is -3.33. The van der Waals surface area contributed by atoms with E-state index in [0.717, 1.165) is 61.3 Å². The average Bonchev–Trinajstić information content (AvgIpc) is 3.39. The summed E-state index contributed by atoms with van der Waals surface area (Å²) in [6.07, 6.45) is 7.67. The van der Waals surface area contributed by atoms with Crippen LogP contribution >= 0.6 is 0 Å². The largest absolute Gasteiger partial charge is 0.382 e. The number of H-pyrrole nitrogens is 1. The number of nitroso groups, excluding NO2 is 1. The van der Waals surface area contributed by atoms with Gasteiger partial charge in [0.2, 0.25) is 0 Å². The van der Waals surface area contributed by atoms with Crippen molar-refractivity contribution in [3.05, 3.63) is 67.0 Å². The normalized spacial score (nSPS) is 17.0. The number of hydrogen-bond acceptors (Lipinski definition) is 7. The van der Waals surface area contributed by atoms with Crippen LogP contribution in [0.3, 0.4) is 0 Å². The van der Waals surface area contributed by atoms with Crippen LogP contribution in [0.25, 0.3) is 0 Å². The number of aromatic amines is 1. The number of aromatic nitrogens is 1. The molecule has 0 atom stereocenters. The number of carbonyl (C=O) groups is 1. The first-order valence-electron chi connectivity index (χ1n) is 13.3. The monoisotopic (exact) mass is 506 g/mol. The van der Waals surface area contributed by atoms with Gasteiger partial charge in [0.1, 0.15) is 0 Å². The number of piperidine rings is 1. The summed E-state index contributed by atoms with van der Waals surface area (Å²) in [6.45, 7) is 6.58. The third kappa shape index (κ3) is 6.52. The zero-order valence-electron chi connectivity index (χ0n) is 21.9. The van der Waals surface area contributed by atoms with Crippen molar-refractivity contribution < 1.29 is 4.79 Å². The number of hydrogen-bond donors (Lipinski definition) is 4. The molecule has 37 heavy (non-hydrogen) atoms. The summed E-state index contributed by atoms with van der Waals surface area (Å²) in [5.74, 6) is 0.00165. The predicted molar refractivity (Wildman–Crippen MR) is 147 cm³/mol. The van der Waals surface area contributed by atoms with E-state index < -0.39 is 0 Å². The first-order chi connectivity index (χ1) is 17.9. The number of pyridine rings is 1. The molecule has 9 heteroatoms. The third-order valence-corrected chi connectivity index (χ3v) is 7.79. The van der Waals surface area contributed by atoms with Gasteiger partial charge < -0.3 is 25.9 Å². The van der Waals surface area contributed by atoms with Gasteiger partial charge in [-0.1, -0.05) is 18.0 Å². The molecule has 198 valence electrons. The van der Waals surface area contributed by atoms with Crippen LogP contribution in [0.1, 0.15) is 82.7 Å². The molecule has 1 aliphatic heterocycles. The highest BCUT2D eigenvalue weighted by molar-refractivity contribution is 6.05. The lowest BCUT2D eigenvalue weighted by Gasteiger charge is -2.32. The molecule has 9 nitrogen and oxygen atoms in total. The summed E-state index contributed by atoms with van der Waals surface area (Å²) in [5.41, 5.74) is 4.93. The molecule has 1 amide bonds. The summed E-state index contributed by atoms with van der Waals surface area (Å²) in [6, 6.07) is 6.29. The van der Waals surface area contributed by atoms with E-state index in [4.69, 9.17) is 5.41 Å². The number of amides is 1. The van der Waals surface area contributed by atoms with E-state index in [1.54, 1.807) is 0 Å². The van der Waals surface area contributed by atoms with Gasteiger partial charge in [-0.3, -0.25) is 9.59 Å². The minimum absolute atomic E-state index is 0.122. The standard InChI is InChI=1S/C28H38N6O3/c1-18-13-19(2)32-28(36)25(18)17-30-27(35)23-14-21(20-7-10-34(11-8-20)12-9-31-37)15-26(24(23)16-29)33-22-5-3-4-6-22/h13-16,20,22,29,33H,3-12,17H2,1-2H3,(H,30,35)(H,32,36). The lowest BCUT2D eigenvalue weighted by molar-refractivity contribution is 0.0950. The van der Waals surface area contributed by atoms with Gasteiger partial charge in [-0.2, -0.15) is 4.91 Å². The molecule has 2 heterocycles. The Kier molecular flexibility index (Phi) is 8.87. The second kappa shape index (κ2) is 12.3. The van der Waals surface area contributed by atoms with E-state index in [0.29, 0.717) is 35.8 Å². The van der Waals surface area contributed by atoms with Crippen LogP contribution in [-0.4, -0.2) is 54.2 Å². The van der Waals surface area contributed by atoms with E-state index in [9.17, 15) is 14.5 Å². The fourth-order valence-electron chi connectivity index (χ4n) is 5.70. The van der Waals surface area contributed by atoms with Crippen molar-refractivity contribution in [3.63, 3.8) is 0 Å². The van der Waals surface area contributed by atoms with E-state index in [1.165, 1.54) is 19.1 Å². The Balaban J connectivity index is 1.60. The van der Waals surface area contributed by atoms with Gasteiger partial charge >= 0.3 is 0 Å². The maximum absolute atomic E-state index is 13.5. The molecular formula is C28H38N6O3. The van der Waals surface area contributed by atoms with Gasteiger partial charge in [0, 0.05) is 47.9 Å². The Labute approximate surface area is 217 Å². The second-order valence-corrected chi connectivity index (χ2v) is 10.4. The molecule has 0 radical (unpaired) electrons. The molecule has 1 saturated heterocycles. The van der Waals surface area contributed by atoms with Gasteiger partial charge in [-0.25, -0.2) is 0 Å². The van der Waals surface area contributed by atoms with Gasteiger partial charge in [-0.15, -0.1) is 0 Å². The van der Waals surface area contributed by atoms with Crippen molar-refractivity contribution in [1.82, 2.24) is 15.2 Å². The molecule has 1 aromatic heterocycles. The fraction of sp³-hybridized carbons (Fsp3) is 0.536. The van der Waals surface area contributed by atoms with E-state index in [1.807, 2.05) is 26.0 Å². The molecule has 2 fully saturated rings. The van der Waals surface area contributed by atoms with Crippen molar-refractivity contribution in [2.45, 2.75) is 70.9 Å². The van der Waals surface area contributed by atoms with Crippen LogP contribution in [0, 0.1) is 24.2 Å². The molecule has 0 unspecified atom stereocenters. The van der Waals surface area contributed by atoms with Crippen LogP contribution in [0.15, 0.2) is 28.2 Å². The van der Waals surface area contributed by atoms with Gasteiger partial charge in [-0.05, 0) is 87.9 Å². The summed E-state index contributed by atoms with van der Waals surface area (Å²) >= 11 is 0. The lowest BCUT2D eigenvalue weighted by atomic mass is 9.86. The Morgan fingerprint density at radius 1 is 1.16 bits per heavy atom. The number of aryl methyl sites for hydroxylation is 2. The van der Waals surface area contributed by atoms with Crippen LogP contribution in [-0.2, 0) is 6.54 Å². The predicted octanol–water partition coefficient (Wildman–Crippen LogP) is 4.22. The molecule has 1 aliphatic carbocycles. The van der Waals surface area contributed by atoms with Gasteiger partial charge in [0.05, 0.1) is 12.1 Å². The topological polar surface area (TPSA) is 131 Å². The summed E-state index contributed by atoms with van der Waals surface area (Å²) in [7, 11) is 0. The van der Waals surface area contributed by atoms with Crippen LogP contribution < -0.4 is 16.2 Å². The molecule has 0 bridgehead atoms. The first kappa shape index (κ1) is 26.7. The minimum atomic E-state index is -0.288. The Bertz CT molecular complexity index is 1190. The SMILES string of the molecule is Cc1cc(C)c(CNC(=O)c2cc(C3CCN(CCN=O)CC3)cc(NC3CCCC3)c2C=N)c(=O)[nH]1. The highest BCUT2D eigenvalue weighted by Gasteiger charge is 2.25. The minimum Gasteiger partial charge on any atom is -0.382 e. The van der Waals surface area contributed by atoms with Gasteiger partial charge in [0.25, 0.3) is 11.5 Å². The van der Waals surface area contributed by atoms with Crippen molar-refractivity contribution in [2.24, 2.45) is 5.18 Å². The summed E-state index contributed by atoms with van der Waals surface area (Å²) in [5, 5.41) is 17.7. The van der Waals surface area contributed by atoms with E-state index in [-0.39, 0.29) is 23.9 Å². The smallest absolute Gasteiger partial charge is 0.253 e. The number of carbonyl (C=O) groups excluding carboxylic acids is 1. The second-order valence-electron chi connectivity index (χ2n) is 10.4. The molecule has 4 N–H and O–H groups in total. The molecule has 2 aromatic rings. The number of nitrogens with zero attached hydrogens (tertiary/aromatic N) is 2. The van der Waals surface area contributed by atoms with Crippen molar-refractivity contribution >= 4 is 17.8 Å². The highest BCUT2D eigenvalue weighted by atomic mass is 16.3. The van der Waals surface area contributed by atoms with Crippen molar-refractivity contribution in [1.29, 1.82) is 5.41 Å². The number of benzene rings is 1. The molecular weight excluding hydrogens is 468 g/mol. The van der Waals surface area contributed by atoms with Gasteiger partial charge in [0.15, 0.2) is 0 Å². The molecule has 0 spiro atoms. The molecule has 1 aromatic carbocycles. The third-order valence-electron chi connectivity index (χ3n) is 7.79. The zero-order chi connectivity index (χ0) is 26.4. The Morgan fingerprint density at radius 2 is 1.89 bits per heavy atom. The fourth-order valence-corrected chi connectivity index (χ4v) is 5.70. The first-order valence-corrected chi connectivity index (χ1v) is 13.3. The number of rotatable bonds is 10. The Morgan fingerprint density at radius 3 is 2.54 bits per heavy atom. The maximum Gasteiger partial charge on any atom is 0.253 e. The summed E-state index contributed by atoms with van der Waals surface area (Å²) in [4.78, 5) is 41.5. The van der Waals surface area contributed by atoms with Crippen molar-refractivity contribution in [3.8, 4) is 0 Å². The average molecular weight is 507 g/mol.